The van der Waals surface area contributed by atoms with Crippen LogP contribution in [0.25, 0.3) is 0 Å². The van der Waals surface area contributed by atoms with E-state index in [4.69, 9.17) is 31.8 Å². The predicted molar refractivity (Wildman–Crippen MR) is 431 cm³/mol. The third kappa shape index (κ3) is 40.8. The molecule has 92 heavy (non-hydrogen) atoms. The lowest BCUT2D eigenvalue weighted by Crippen LogP contribution is -2.17. The number of rotatable bonds is 56. The molecule has 0 rings (SSSR count). The Labute approximate surface area is 583 Å². The maximum atomic E-state index is 14.9. The average molecular weight is 1570 g/mol. The van der Waals surface area contributed by atoms with Crippen molar-refractivity contribution in [2.45, 2.75) is 269 Å². The fraction of sp³-hybridized carbons (Fsp3) is 1.00. The fourth-order valence-corrected chi connectivity index (χ4v) is 51.3. The summed E-state index contributed by atoms with van der Waals surface area (Å²) in [5, 5.41) is 0. The topological polar surface area (TPSA) is 142 Å². The molecule has 0 saturated carbocycles. The minimum Gasteiger partial charge on any atom is -0.233 e. The van der Waals surface area contributed by atoms with E-state index in [0.29, 0.717) is 0 Å². The van der Waals surface area contributed by atoms with Crippen molar-refractivity contribution in [1.82, 2.24) is 0 Å². The molecule has 0 aliphatic carbocycles. The van der Waals surface area contributed by atoms with E-state index in [1.54, 1.807) is 0 Å². The van der Waals surface area contributed by atoms with Crippen LogP contribution in [0.4, 0.5) is 16.8 Å². The van der Waals surface area contributed by atoms with Crippen molar-refractivity contribution in [2.75, 3.05) is 138 Å². The minimum atomic E-state index is -4.51. The molecular formula is C64H152F4O12P4S8. The summed E-state index contributed by atoms with van der Waals surface area (Å²) in [6.45, 7) is 49.2. The Hall–Kier alpha value is 3.12. The van der Waals surface area contributed by atoms with Crippen LogP contribution in [-0.2, 0) is 50.0 Å². The summed E-state index contributed by atoms with van der Waals surface area (Å²) in [5.41, 5.74) is 0. The summed E-state index contributed by atoms with van der Waals surface area (Å²) in [6.07, 6.45) is 14.6. The van der Waals surface area contributed by atoms with E-state index in [9.17, 15) is 35.0 Å². The first-order valence-corrected chi connectivity index (χ1v) is 58.4. The molecular weight excluding hydrogens is 1420 g/mol. The highest BCUT2D eigenvalue weighted by atomic mass is 32.3. The van der Waals surface area contributed by atoms with Crippen LogP contribution in [-0.4, -0.2) is 138 Å². The molecule has 0 unspecified atom stereocenters. The highest BCUT2D eigenvalue weighted by Crippen LogP contribution is 2.77. The molecule has 0 spiro atoms. The molecule has 0 fully saturated rings. The Bertz CT molecular complexity index is 1580. The van der Waals surface area contributed by atoms with Gasteiger partial charge in [-0.1, -0.05) is 166 Å². The van der Waals surface area contributed by atoms with Gasteiger partial charge >= 0.3 is 31.6 Å². The second-order valence-electron chi connectivity index (χ2n) is 23.6. The number of hydrogen-bond donors (Lipinski definition) is 0. The van der Waals surface area contributed by atoms with Gasteiger partial charge in [0.2, 0.25) is 0 Å². The molecule has 0 atom stereocenters. The summed E-state index contributed by atoms with van der Waals surface area (Å²) >= 11 is 0. The Balaban J connectivity index is -0.000000561. The van der Waals surface area contributed by atoms with Crippen molar-refractivity contribution in [3.63, 3.8) is 0 Å². The Morgan fingerprint density at radius 1 is 0.174 bits per heavy atom. The van der Waals surface area contributed by atoms with Gasteiger partial charge in [-0.15, -0.1) is 99.3 Å². The highest BCUT2D eigenvalue weighted by molar-refractivity contribution is 8.35. The Kier molecular flexibility index (Phi) is 59.4. The van der Waals surface area contributed by atoms with Crippen LogP contribution in [0.2, 0.25) is 0 Å². The van der Waals surface area contributed by atoms with Gasteiger partial charge in [-0.05, 0) is 241 Å². The van der Waals surface area contributed by atoms with E-state index >= 15 is 0 Å². The van der Waals surface area contributed by atoms with Gasteiger partial charge in [0.25, 0.3) is 0 Å². The molecule has 0 amide bonds. The van der Waals surface area contributed by atoms with E-state index in [2.05, 4.69) is 111 Å². The number of hydrogen-bond acceptors (Lipinski definition) is 12. The monoisotopic (exact) mass is 1570 g/mol. The maximum Gasteiger partial charge on any atom is 0.532 e. The van der Waals surface area contributed by atoms with Crippen LogP contribution in [0.1, 0.15) is 269 Å². The van der Waals surface area contributed by atoms with Gasteiger partial charge in [0, 0.05) is 0 Å². The van der Waals surface area contributed by atoms with Crippen LogP contribution < -0.4 is 0 Å². The van der Waals surface area contributed by atoms with Gasteiger partial charge in [0.1, 0.15) is 0 Å². The molecule has 28 heteroatoms. The van der Waals surface area contributed by atoms with Gasteiger partial charge in [0.05, 0.1) is 0 Å². The fourth-order valence-electron chi connectivity index (χ4n) is 11.7. The normalized spacial score (nSPS) is 14.9. The van der Waals surface area contributed by atoms with Gasteiger partial charge < -0.3 is 0 Å². The van der Waals surface area contributed by atoms with Crippen LogP contribution in [0.5, 0.6) is 0 Å². The molecule has 0 N–H and O–H groups in total. The van der Waals surface area contributed by atoms with Crippen LogP contribution in [0, 0.1) is 0 Å². The third-order valence-corrected chi connectivity index (χ3v) is 58.1. The molecule has 0 bridgehead atoms. The molecule has 0 aliphatic heterocycles. The third-order valence-electron chi connectivity index (χ3n) is 15.4. The first kappa shape index (κ1) is 101. The van der Waals surface area contributed by atoms with Crippen molar-refractivity contribution in [1.29, 1.82) is 0 Å². The van der Waals surface area contributed by atoms with Crippen molar-refractivity contribution >= 4 is 114 Å². The zero-order chi connectivity index (χ0) is 71.9. The first-order valence-electron chi connectivity index (χ1n) is 36.1. The summed E-state index contributed by atoms with van der Waals surface area (Å²) < 4.78 is 155. The summed E-state index contributed by atoms with van der Waals surface area (Å²) in [7, 11) is -31.3. The van der Waals surface area contributed by atoms with Crippen LogP contribution in [0.15, 0.2) is 0 Å². The second-order valence-corrected chi connectivity index (χ2v) is 58.4. The van der Waals surface area contributed by atoms with E-state index in [0.717, 1.165) is 241 Å². The average Bonchev–Trinajstić information content (AvgIpc) is 0.845. The highest BCUT2D eigenvalue weighted by Gasteiger charge is 2.45. The van der Waals surface area contributed by atoms with Gasteiger partial charge in [0.15, 0.2) is 0 Å². The standard InChI is InChI=1S/4C16H38FO3PS2/c4*1-7-13-22(11-5,14-8-2)19-21(17,18)20-23(12-6,15-9-3)16-10-4/h4*7-16H2,1-6H3. The lowest BCUT2D eigenvalue weighted by molar-refractivity contribution is 0.362. The minimum absolute atomic E-state index is 0.738. The van der Waals surface area contributed by atoms with E-state index in [1.807, 2.05) is 55.4 Å². The molecule has 0 radical (unpaired) electrons. The molecule has 0 aromatic heterocycles. The maximum absolute atomic E-state index is 14.9. The number of halogens is 4. The van der Waals surface area contributed by atoms with E-state index in [-0.39, 0.29) is 0 Å². The SMILES string of the molecule is CCCS(CC)(CCC)OP(=O)(F)OS(CC)(CCC)CCC.CCCS(CC)(CCC)OP(=O)(F)OS(CC)(CCC)CCC.CCCS(CC)(CCC)OP(=O)(F)OS(CC)(CCC)CCC.CCCS(CC)(CCC)OP(=O)(F)OS(CC)(CCC)CCC. The van der Waals surface area contributed by atoms with Crippen LogP contribution in [0.3, 0.4) is 0 Å². The van der Waals surface area contributed by atoms with E-state index in [1.165, 1.54) is 0 Å². The molecule has 12 nitrogen and oxygen atoms in total. The summed E-state index contributed by atoms with van der Waals surface area (Å²) in [5.74, 6) is 18.6. The Morgan fingerprint density at radius 3 is 0.283 bits per heavy atom. The molecule has 0 aromatic rings. The van der Waals surface area contributed by atoms with Gasteiger partial charge in [-0.3, -0.25) is 0 Å². The van der Waals surface area contributed by atoms with Crippen molar-refractivity contribution in [3.05, 3.63) is 0 Å². The Morgan fingerprint density at radius 2 is 0.239 bits per heavy atom. The van der Waals surface area contributed by atoms with Crippen molar-refractivity contribution in [2.24, 2.45) is 0 Å². The molecule has 576 valence electrons. The second kappa shape index (κ2) is 53.8. The lowest BCUT2D eigenvalue weighted by atomic mass is 10.6. The van der Waals surface area contributed by atoms with Gasteiger partial charge in [-0.25, -0.2) is 50.0 Å². The quantitative estimate of drug-likeness (QED) is 0.0423. The first-order chi connectivity index (χ1) is 43.1. The van der Waals surface area contributed by atoms with Crippen molar-refractivity contribution < 1.29 is 66.8 Å². The summed E-state index contributed by atoms with van der Waals surface area (Å²) in [6, 6.07) is 0. The summed E-state index contributed by atoms with van der Waals surface area (Å²) in [4.78, 5) is 0. The van der Waals surface area contributed by atoms with Gasteiger partial charge in [-0.2, -0.15) is 0 Å². The molecule has 0 saturated heterocycles. The lowest BCUT2D eigenvalue weighted by Gasteiger charge is -2.42. The smallest absolute Gasteiger partial charge is 0.233 e. The van der Waals surface area contributed by atoms with E-state index < -0.39 is 114 Å². The zero-order valence-corrected chi connectivity index (χ0v) is 73.9. The van der Waals surface area contributed by atoms with Crippen molar-refractivity contribution in [3.8, 4) is 0 Å². The predicted octanol–water partition coefficient (Wildman–Crippen LogP) is 28.9. The zero-order valence-electron chi connectivity index (χ0n) is 63.7. The van der Waals surface area contributed by atoms with Crippen LogP contribution >= 0.6 is 114 Å². The molecule has 0 heterocycles. The molecule has 0 aromatic carbocycles. The molecule has 0 aliphatic rings. The largest absolute Gasteiger partial charge is 0.532 e.